The Kier molecular flexibility index (Phi) is 7.82. The number of hydrogen-bond donors (Lipinski definition) is 0. The van der Waals surface area contributed by atoms with Gasteiger partial charge in [0.05, 0.1) is 23.8 Å². The van der Waals surface area contributed by atoms with E-state index in [1.807, 2.05) is 12.4 Å². The summed E-state index contributed by atoms with van der Waals surface area (Å²) < 4.78 is 0. The van der Waals surface area contributed by atoms with Crippen LogP contribution in [0.4, 0.5) is 0 Å². The molecule has 0 amide bonds. The number of nitrogens with zero attached hydrogens (tertiary/aromatic N) is 6. The third-order valence-electron chi connectivity index (χ3n) is 3.41. The minimum Gasteiger partial charge on any atom is -0.237 e. The van der Waals surface area contributed by atoms with Gasteiger partial charge in [0.2, 0.25) is 0 Å². The third kappa shape index (κ3) is 6.26. The smallest absolute Gasteiger partial charge is 0.153 e. The van der Waals surface area contributed by atoms with Crippen molar-refractivity contribution in [1.82, 2.24) is 30.4 Å². The third-order valence-corrected chi connectivity index (χ3v) is 3.41. The number of hydrogen-bond acceptors (Lipinski definition) is 6. The molecule has 0 fully saturated rings. The van der Waals surface area contributed by atoms with Gasteiger partial charge >= 0.3 is 0 Å². The molecule has 2 aromatic heterocycles. The van der Waals surface area contributed by atoms with Crippen LogP contribution in [-0.4, -0.2) is 30.4 Å². The van der Waals surface area contributed by atoms with Crippen molar-refractivity contribution in [2.45, 2.75) is 79.1 Å². The Morgan fingerprint density at radius 1 is 0.500 bits per heavy atom. The van der Waals surface area contributed by atoms with Crippen molar-refractivity contribution in [2.75, 3.05) is 0 Å². The summed E-state index contributed by atoms with van der Waals surface area (Å²) in [4.78, 5) is 8.45. The average Bonchev–Trinajstić information content (AvgIpc) is 2.55. The highest BCUT2D eigenvalue weighted by Gasteiger charge is 2.06. The van der Waals surface area contributed by atoms with Gasteiger partial charge in [-0.15, -0.1) is 10.2 Å². The fourth-order valence-electron chi connectivity index (χ4n) is 1.64. The molecule has 2 rings (SSSR count). The fourth-order valence-corrected chi connectivity index (χ4v) is 1.64. The minimum absolute atomic E-state index is 0.360. The Morgan fingerprint density at radius 2 is 0.833 bits per heavy atom. The van der Waals surface area contributed by atoms with Crippen LogP contribution in [-0.2, 0) is 0 Å². The van der Waals surface area contributed by atoms with Crippen LogP contribution in [0.2, 0.25) is 0 Å². The van der Waals surface area contributed by atoms with Crippen molar-refractivity contribution >= 4 is 0 Å². The Bertz CT molecular complexity index is 478. The van der Waals surface area contributed by atoms with E-state index in [1.54, 1.807) is 0 Å². The van der Waals surface area contributed by atoms with Gasteiger partial charge in [-0.2, -0.15) is 10.2 Å². The maximum Gasteiger partial charge on any atom is 0.153 e. The van der Waals surface area contributed by atoms with Crippen LogP contribution in [0.25, 0.3) is 0 Å². The van der Waals surface area contributed by atoms with Crippen LogP contribution < -0.4 is 0 Å². The first-order valence-electron chi connectivity index (χ1n) is 8.61. The van der Waals surface area contributed by atoms with Crippen molar-refractivity contribution in [3.05, 3.63) is 35.4 Å². The lowest BCUT2D eigenvalue weighted by atomic mass is 10.1. The second kappa shape index (κ2) is 9.35. The van der Waals surface area contributed by atoms with Crippen molar-refractivity contribution in [2.24, 2.45) is 0 Å². The predicted octanol–water partition coefficient (Wildman–Crippen LogP) is 4.24. The van der Waals surface area contributed by atoms with Gasteiger partial charge in [0.15, 0.2) is 11.6 Å². The van der Waals surface area contributed by atoms with E-state index in [0.29, 0.717) is 23.7 Å². The lowest BCUT2D eigenvalue weighted by molar-refractivity contribution is 0.692. The number of rotatable bonds is 4. The molecule has 0 radical (unpaired) electrons. The van der Waals surface area contributed by atoms with Crippen LogP contribution in [0.5, 0.6) is 0 Å². The van der Waals surface area contributed by atoms with Crippen LogP contribution in [0.1, 0.15) is 102 Å². The maximum atomic E-state index is 4.23. The number of aromatic nitrogens is 6. The van der Waals surface area contributed by atoms with Gasteiger partial charge in [0, 0.05) is 11.8 Å². The SMILES string of the molecule is CC(C)c1cnc(C(C)C)nn1.CC(C)c1cnc(C(C)C)nn1. The zero-order valence-electron chi connectivity index (χ0n) is 16.1. The molecule has 0 aliphatic carbocycles. The Balaban J connectivity index is 0.000000240. The summed E-state index contributed by atoms with van der Waals surface area (Å²) in [6.45, 7) is 16.6. The fraction of sp³-hybridized carbons (Fsp3) is 0.667. The molecular weight excluding hydrogens is 300 g/mol. The Morgan fingerprint density at radius 3 is 1.00 bits per heavy atom. The molecule has 0 aliphatic rings. The predicted molar refractivity (Wildman–Crippen MR) is 96.0 cm³/mol. The molecule has 24 heavy (non-hydrogen) atoms. The van der Waals surface area contributed by atoms with Gasteiger partial charge in [-0.3, -0.25) is 0 Å². The first kappa shape index (κ1) is 20.1. The standard InChI is InChI=1S/2C9H15N3/c2*1-6(2)8-5-10-9(7(3)4)12-11-8/h2*5-7H,1-4H3. The molecule has 0 spiro atoms. The van der Waals surface area contributed by atoms with Gasteiger partial charge in [-0.05, 0) is 11.8 Å². The molecule has 2 aromatic rings. The van der Waals surface area contributed by atoms with Crippen LogP contribution in [0.3, 0.4) is 0 Å². The summed E-state index contributed by atoms with van der Waals surface area (Å²) >= 11 is 0. The first-order chi connectivity index (χ1) is 11.2. The molecule has 0 aromatic carbocycles. The molecule has 0 N–H and O–H groups in total. The molecule has 2 heterocycles. The topological polar surface area (TPSA) is 77.3 Å². The van der Waals surface area contributed by atoms with Gasteiger partial charge < -0.3 is 0 Å². The molecule has 6 nitrogen and oxygen atoms in total. The molecule has 0 bridgehead atoms. The lowest BCUT2D eigenvalue weighted by Crippen LogP contribution is -2.03. The maximum absolute atomic E-state index is 4.23. The van der Waals surface area contributed by atoms with Crippen LogP contribution in [0.15, 0.2) is 12.4 Å². The van der Waals surface area contributed by atoms with E-state index in [9.17, 15) is 0 Å². The van der Waals surface area contributed by atoms with Crippen molar-refractivity contribution in [1.29, 1.82) is 0 Å². The van der Waals surface area contributed by atoms with Crippen molar-refractivity contribution in [3.8, 4) is 0 Å². The van der Waals surface area contributed by atoms with E-state index in [2.05, 4.69) is 85.8 Å². The molecular formula is C18H30N6. The summed E-state index contributed by atoms with van der Waals surface area (Å²) in [6.07, 6.45) is 3.62. The quantitative estimate of drug-likeness (QED) is 0.834. The van der Waals surface area contributed by atoms with E-state index in [0.717, 1.165) is 23.0 Å². The van der Waals surface area contributed by atoms with Crippen molar-refractivity contribution < 1.29 is 0 Å². The average molecular weight is 330 g/mol. The Labute approximate surface area is 145 Å². The van der Waals surface area contributed by atoms with Crippen molar-refractivity contribution in [3.63, 3.8) is 0 Å². The highest BCUT2D eigenvalue weighted by atomic mass is 15.2. The van der Waals surface area contributed by atoms with Crippen LogP contribution in [0, 0.1) is 0 Å². The normalized spacial score (nSPS) is 11.2. The van der Waals surface area contributed by atoms with Gasteiger partial charge in [-0.1, -0.05) is 55.4 Å². The monoisotopic (exact) mass is 330 g/mol. The summed E-state index contributed by atoms with van der Waals surface area (Å²) in [5.74, 6) is 3.17. The molecule has 0 aliphatic heterocycles. The summed E-state index contributed by atoms with van der Waals surface area (Å²) in [5.41, 5.74) is 1.92. The van der Waals surface area contributed by atoms with E-state index >= 15 is 0 Å². The molecule has 0 saturated heterocycles. The van der Waals surface area contributed by atoms with Gasteiger partial charge in [0.1, 0.15) is 0 Å². The Hall–Kier alpha value is -1.98. The zero-order valence-corrected chi connectivity index (χ0v) is 16.1. The second-order valence-corrected chi connectivity index (χ2v) is 7.10. The first-order valence-corrected chi connectivity index (χ1v) is 8.61. The largest absolute Gasteiger partial charge is 0.237 e. The molecule has 0 atom stereocenters. The van der Waals surface area contributed by atoms with Gasteiger partial charge in [-0.25, -0.2) is 9.97 Å². The highest BCUT2D eigenvalue weighted by Crippen LogP contribution is 2.12. The minimum atomic E-state index is 0.360. The van der Waals surface area contributed by atoms with Crippen LogP contribution >= 0.6 is 0 Å². The van der Waals surface area contributed by atoms with E-state index < -0.39 is 0 Å². The van der Waals surface area contributed by atoms with E-state index in [-0.39, 0.29) is 0 Å². The summed E-state index contributed by atoms with van der Waals surface area (Å²) in [6, 6.07) is 0. The molecule has 6 heteroatoms. The molecule has 0 unspecified atom stereocenters. The second-order valence-electron chi connectivity index (χ2n) is 7.10. The summed E-state index contributed by atoms with van der Waals surface area (Å²) in [5, 5.41) is 16.3. The summed E-state index contributed by atoms with van der Waals surface area (Å²) in [7, 11) is 0. The molecule has 0 saturated carbocycles. The zero-order chi connectivity index (χ0) is 18.3. The van der Waals surface area contributed by atoms with E-state index in [4.69, 9.17) is 0 Å². The highest BCUT2D eigenvalue weighted by molar-refractivity contribution is 5.01. The van der Waals surface area contributed by atoms with Gasteiger partial charge in [0.25, 0.3) is 0 Å². The lowest BCUT2D eigenvalue weighted by Gasteiger charge is -2.04. The van der Waals surface area contributed by atoms with E-state index in [1.165, 1.54) is 0 Å². The molecule has 132 valence electrons.